The van der Waals surface area contributed by atoms with Gasteiger partial charge < -0.3 is 15.0 Å². The summed E-state index contributed by atoms with van der Waals surface area (Å²) in [6.07, 6.45) is 1.01. The fraction of sp³-hybridized carbons (Fsp3) is 0.562. The second-order valence-corrected chi connectivity index (χ2v) is 7.32. The summed E-state index contributed by atoms with van der Waals surface area (Å²) in [6, 6.07) is 7.58. The lowest BCUT2D eigenvalue weighted by Gasteiger charge is -2.23. The molecule has 122 valence electrons. The van der Waals surface area contributed by atoms with Crippen molar-refractivity contribution in [3.05, 3.63) is 29.3 Å². The molecule has 2 N–H and O–H groups in total. The van der Waals surface area contributed by atoms with E-state index in [1.807, 2.05) is 31.2 Å². The Morgan fingerprint density at radius 3 is 2.73 bits per heavy atom. The van der Waals surface area contributed by atoms with E-state index in [1.165, 1.54) is 0 Å². The third-order valence-electron chi connectivity index (χ3n) is 3.70. The average molecular weight is 344 g/mol. The van der Waals surface area contributed by atoms with Crippen LogP contribution in [0.3, 0.4) is 0 Å². The SMILES string of the molecule is C[C@H](Sc1ccc(Cl)cc1)C(=O)NCCC[NH+]1CCOCC1. The summed E-state index contributed by atoms with van der Waals surface area (Å²) in [4.78, 5) is 14.7. The van der Waals surface area contributed by atoms with Crippen LogP contribution in [0.5, 0.6) is 0 Å². The first kappa shape index (κ1) is 17.6. The van der Waals surface area contributed by atoms with Crippen molar-refractivity contribution in [1.82, 2.24) is 5.32 Å². The Kier molecular flexibility index (Phi) is 7.52. The molecule has 1 heterocycles. The number of nitrogens with one attached hydrogen (secondary N) is 2. The number of thioether (sulfide) groups is 1. The molecule has 0 radical (unpaired) electrons. The summed E-state index contributed by atoms with van der Waals surface area (Å²) in [6.45, 7) is 7.65. The van der Waals surface area contributed by atoms with Gasteiger partial charge in [-0.15, -0.1) is 11.8 Å². The van der Waals surface area contributed by atoms with E-state index in [0.29, 0.717) is 5.02 Å². The van der Waals surface area contributed by atoms with Crippen LogP contribution in [0.15, 0.2) is 29.2 Å². The molecule has 0 unspecified atom stereocenters. The summed E-state index contributed by atoms with van der Waals surface area (Å²) in [5.41, 5.74) is 0. The molecule has 2 rings (SSSR count). The van der Waals surface area contributed by atoms with Crippen LogP contribution >= 0.6 is 23.4 Å². The van der Waals surface area contributed by atoms with Gasteiger partial charge in [0.25, 0.3) is 0 Å². The number of benzene rings is 1. The number of hydrogen-bond acceptors (Lipinski definition) is 3. The number of halogens is 1. The molecule has 22 heavy (non-hydrogen) atoms. The van der Waals surface area contributed by atoms with Gasteiger partial charge in [0.05, 0.1) is 25.0 Å². The van der Waals surface area contributed by atoms with Crippen molar-refractivity contribution in [3.8, 4) is 0 Å². The van der Waals surface area contributed by atoms with Crippen molar-refractivity contribution in [1.29, 1.82) is 0 Å². The molecule has 1 fully saturated rings. The highest BCUT2D eigenvalue weighted by molar-refractivity contribution is 8.00. The summed E-state index contributed by atoms with van der Waals surface area (Å²) < 4.78 is 5.34. The van der Waals surface area contributed by atoms with E-state index in [4.69, 9.17) is 16.3 Å². The molecule has 1 aliphatic rings. The van der Waals surface area contributed by atoms with Gasteiger partial charge in [-0.05, 0) is 31.2 Å². The van der Waals surface area contributed by atoms with Crippen LogP contribution in [0.25, 0.3) is 0 Å². The third-order valence-corrected chi connectivity index (χ3v) is 5.07. The lowest BCUT2D eigenvalue weighted by atomic mass is 10.3. The zero-order valence-corrected chi connectivity index (χ0v) is 14.5. The van der Waals surface area contributed by atoms with Crippen LogP contribution in [0.4, 0.5) is 0 Å². The highest BCUT2D eigenvalue weighted by Gasteiger charge is 2.15. The van der Waals surface area contributed by atoms with Crippen LogP contribution < -0.4 is 10.2 Å². The molecular formula is C16H24ClN2O2S+. The van der Waals surface area contributed by atoms with Gasteiger partial charge >= 0.3 is 0 Å². The third kappa shape index (κ3) is 6.16. The minimum absolute atomic E-state index is 0.0944. The normalized spacial score (nSPS) is 17.2. The number of hydrogen-bond donors (Lipinski definition) is 2. The Bertz CT molecular complexity index is 464. The molecule has 0 bridgehead atoms. The molecule has 0 aromatic heterocycles. The highest BCUT2D eigenvalue weighted by Crippen LogP contribution is 2.24. The maximum Gasteiger partial charge on any atom is 0.233 e. The van der Waals surface area contributed by atoms with Crippen LogP contribution in [0.2, 0.25) is 5.02 Å². The maximum atomic E-state index is 12.1. The van der Waals surface area contributed by atoms with Crippen LogP contribution in [-0.2, 0) is 9.53 Å². The molecule has 1 aromatic rings. The summed E-state index contributed by atoms with van der Waals surface area (Å²) in [7, 11) is 0. The fourth-order valence-electron chi connectivity index (χ4n) is 2.37. The van der Waals surface area contributed by atoms with Crippen molar-refractivity contribution in [2.24, 2.45) is 0 Å². The Morgan fingerprint density at radius 2 is 2.05 bits per heavy atom. The molecule has 0 saturated carbocycles. The first-order valence-electron chi connectivity index (χ1n) is 7.76. The number of quaternary nitrogens is 1. The molecule has 1 atom stereocenters. The van der Waals surface area contributed by atoms with Gasteiger partial charge in [-0.2, -0.15) is 0 Å². The second kappa shape index (κ2) is 9.40. The summed E-state index contributed by atoms with van der Waals surface area (Å²) >= 11 is 7.41. The molecule has 0 spiro atoms. The predicted molar refractivity (Wildman–Crippen MR) is 90.8 cm³/mol. The topological polar surface area (TPSA) is 42.8 Å². The number of rotatable bonds is 7. The first-order valence-corrected chi connectivity index (χ1v) is 9.02. The van der Waals surface area contributed by atoms with E-state index in [2.05, 4.69) is 5.32 Å². The molecule has 1 aromatic carbocycles. The molecule has 1 amide bonds. The molecule has 6 heteroatoms. The van der Waals surface area contributed by atoms with E-state index in [1.54, 1.807) is 16.7 Å². The van der Waals surface area contributed by atoms with Gasteiger partial charge in [-0.1, -0.05) is 11.6 Å². The van der Waals surface area contributed by atoms with Crippen molar-refractivity contribution >= 4 is 29.3 Å². The monoisotopic (exact) mass is 343 g/mol. The minimum Gasteiger partial charge on any atom is -0.370 e. The zero-order chi connectivity index (χ0) is 15.8. The fourth-order valence-corrected chi connectivity index (χ4v) is 3.39. The number of ether oxygens (including phenoxy) is 1. The van der Waals surface area contributed by atoms with E-state index in [-0.39, 0.29) is 11.2 Å². The zero-order valence-electron chi connectivity index (χ0n) is 12.9. The van der Waals surface area contributed by atoms with E-state index < -0.39 is 0 Å². The predicted octanol–water partition coefficient (Wildman–Crippen LogP) is 1.24. The van der Waals surface area contributed by atoms with Gasteiger partial charge in [-0.25, -0.2) is 0 Å². The van der Waals surface area contributed by atoms with Crippen LogP contribution in [0.1, 0.15) is 13.3 Å². The molecule has 0 aliphatic carbocycles. The number of morpholine rings is 1. The largest absolute Gasteiger partial charge is 0.370 e. The quantitative estimate of drug-likeness (QED) is 0.578. The second-order valence-electron chi connectivity index (χ2n) is 5.47. The lowest BCUT2D eigenvalue weighted by molar-refractivity contribution is -0.908. The Hall–Kier alpha value is -0.750. The van der Waals surface area contributed by atoms with Crippen LogP contribution in [-0.4, -0.2) is 50.5 Å². The highest BCUT2D eigenvalue weighted by atomic mass is 35.5. The Morgan fingerprint density at radius 1 is 1.36 bits per heavy atom. The van der Waals surface area contributed by atoms with Gasteiger partial charge in [0.2, 0.25) is 5.91 Å². The van der Waals surface area contributed by atoms with E-state index >= 15 is 0 Å². The Labute approximate surface area is 141 Å². The van der Waals surface area contributed by atoms with E-state index in [0.717, 1.165) is 50.7 Å². The molecule has 1 saturated heterocycles. The molecule has 1 aliphatic heterocycles. The standard InChI is InChI=1S/C16H23ClN2O2S/c1-13(22-15-5-3-14(17)4-6-15)16(20)18-7-2-8-19-9-11-21-12-10-19/h3-6,13H,2,7-12H2,1H3,(H,18,20)/p+1/t13-/m0/s1. The average Bonchev–Trinajstić information content (AvgIpc) is 2.54. The van der Waals surface area contributed by atoms with Crippen molar-refractivity contribution in [3.63, 3.8) is 0 Å². The van der Waals surface area contributed by atoms with E-state index in [9.17, 15) is 4.79 Å². The molecular weight excluding hydrogens is 320 g/mol. The van der Waals surface area contributed by atoms with Gasteiger partial charge in [0, 0.05) is 22.9 Å². The number of carbonyl (C=O) groups is 1. The van der Waals surface area contributed by atoms with Crippen LogP contribution in [0, 0.1) is 0 Å². The maximum absolute atomic E-state index is 12.1. The minimum atomic E-state index is -0.100. The van der Waals surface area contributed by atoms with Crippen molar-refractivity contribution < 1.29 is 14.4 Å². The summed E-state index contributed by atoms with van der Waals surface area (Å²) in [5.74, 6) is 0.0944. The van der Waals surface area contributed by atoms with Gasteiger partial charge in [0.1, 0.15) is 13.1 Å². The number of amides is 1. The molecule has 4 nitrogen and oxygen atoms in total. The Balaban J connectivity index is 1.62. The summed E-state index contributed by atoms with van der Waals surface area (Å²) in [5, 5.41) is 3.64. The lowest BCUT2D eigenvalue weighted by Crippen LogP contribution is -3.14. The van der Waals surface area contributed by atoms with Gasteiger partial charge in [0.15, 0.2) is 0 Å². The van der Waals surface area contributed by atoms with Gasteiger partial charge in [-0.3, -0.25) is 4.79 Å². The smallest absolute Gasteiger partial charge is 0.233 e. The van der Waals surface area contributed by atoms with Crippen molar-refractivity contribution in [2.75, 3.05) is 39.4 Å². The van der Waals surface area contributed by atoms with Crippen molar-refractivity contribution in [2.45, 2.75) is 23.5 Å². The first-order chi connectivity index (χ1) is 10.6. The number of carbonyl (C=O) groups excluding carboxylic acids is 1.